The Morgan fingerprint density at radius 1 is 1.23 bits per heavy atom. The second-order valence-electron chi connectivity index (χ2n) is 6.21. The first-order valence-electron chi connectivity index (χ1n) is 7.88. The van der Waals surface area contributed by atoms with Gasteiger partial charge < -0.3 is 5.32 Å². The van der Waals surface area contributed by atoms with Crippen LogP contribution in [0.4, 0.5) is 0 Å². The third-order valence-electron chi connectivity index (χ3n) is 4.70. The van der Waals surface area contributed by atoms with Crippen molar-refractivity contribution in [2.24, 2.45) is 5.92 Å². The second kappa shape index (κ2) is 7.30. The molecule has 0 bridgehead atoms. The van der Waals surface area contributed by atoms with Gasteiger partial charge in [0.25, 0.3) is 0 Å². The fraction of sp³-hybridized carbons (Fsp3) is 0.625. The van der Waals surface area contributed by atoms with Crippen molar-refractivity contribution in [3.05, 3.63) is 29.3 Å². The summed E-state index contributed by atoms with van der Waals surface area (Å²) in [4.78, 5) is 0.480. The quantitative estimate of drug-likeness (QED) is 0.911. The molecule has 22 heavy (non-hydrogen) atoms. The molecule has 1 aromatic carbocycles. The molecule has 0 spiro atoms. The normalized spacial score (nSPS) is 22.1. The highest BCUT2D eigenvalue weighted by molar-refractivity contribution is 7.89. The molecule has 0 saturated carbocycles. The molecule has 0 amide bonds. The number of halogens is 1. The monoisotopic (exact) mass is 344 g/mol. The molecule has 1 saturated heterocycles. The summed E-state index contributed by atoms with van der Waals surface area (Å²) in [6.07, 6.45) is 5.44. The molecule has 2 aliphatic rings. The van der Waals surface area contributed by atoms with E-state index < -0.39 is 10.0 Å². The van der Waals surface area contributed by atoms with Gasteiger partial charge in [0, 0.05) is 13.1 Å². The summed E-state index contributed by atoms with van der Waals surface area (Å²) in [5.41, 5.74) is 2.56. The van der Waals surface area contributed by atoms with Gasteiger partial charge >= 0.3 is 0 Å². The maximum absolute atomic E-state index is 12.8. The summed E-state index contributed by atoms with van der Waals surface area (Å²) >= 11 is 0. The number of hydrogen-bond donors (Lipinski definition) is 1. The van der Waals surface area contributed by atoms with Crippen LogP contribution in [0.25, 0.3) is 0 Å². The Labute approximate surface area is 139 Å². The lowest BCUT2D eigenvalue weighted by atomic mass is 9.92. The zero-order valence-electron chi connectivity index (χ0n) is 13.0. The van der Waals surface area contributed by atoms with Gasteiger partial charge in [-0.15, -0.1) is 12.4 Å². The van der Waals surface area contributed by atoms with Crippen molar-refractivity contribution in [1.29, 1.82) is 0 Å². The van der Waals surface area contributed by atoms with Crippen LogP contribution < -0.4 is 5.32 Å². The van der Waals surface area contributed by atoms with Gasteiger partial charge in [-0.2, -0.15) is 4.31 Å². The predicted octanol–water partition coefficient (Wildman–Crippen LogP) is 2.22. The van der Waals surface area contributed by atoms with E-state index in [0.717, 1.165) is 25.8 Å². The lowest BCUT2D eigenvalue weighted by Gasteiger charge is -2.20. The molecule has 1 aliphatic carbocycles. The van der Waals surface area contributed by atoms with E-state index in [1.54, 1.807) is 10.4 Å². The fourth-order valence-corrected chi connectivity index (χ4v) is 5.07. The van der Waals surface area contributed by atoms with Crippen LogP contribution >= 0.6 is 12.4 Å². The molecule has 1 atom stereocenters. The number of benzene rings is 1. The van der Waals surface area contributed by atoms with Crippen molar-refractivity contribution in [2.45, 2.75) is 37.0 Å². The molecule has 1 fully saturated rings. The number of nitrogens with zero attached hydrogens (tertiary/aromatic N) is 1. The standard InChI is InChI=1S/C16H24N2O2S.ClH/c1-17-11-13-8-9-18(12-13)21(19,20)16-7-6-14-4-2-3-5-15(14)10-16;/h6-7,10,13,17H,2-5,8-9,11-12H2,1H3;1H. The summed E-state index contributed by atoms with van der Waals surface area (Å²) in [5.74, 6) is 0.433. The number of nitrogens with one attached hydrogen (secondary N) is 1. The number of fused-ring (bicyclic) bond motifs is 1. The van der Waals surface area contributed by atoms with Gasteiger partial charge in [0.05, 0.1) is 4.90 Å². The highest BCUT2D eigenvalue weighted by Crippen LogP contribution is 2.28. The Morgan fingerprint density at radius 2 is 1.95 bits per heavy atom. The van der Waals surface area contributed by atoms with E-state index in [2.05, 4.69) is 5.32 Å². The first kappa shape index (κ1) is 17.7. The SMILES string of the molecule is CNCC1CCN(S(=O)(=O)c2ccc3c(c2)CCCC3)C1.Cl. The minimum atomic E-state index is -3.32. The molecule has 1 N–H and O–H groups in total. The van der Waals surface area contributed by atoms with Crippen molar-refractivity contribution >= 4 is 22.4 Å². The van der Waals surface area contributed by atoms with E-state index in [1.165, 1.54) is 24.0 Å². The average molecular weight is 345 g/mol. The van der Waals surface area contributed by atoms with Gasteiger partial charge in [0.2, 0.25) is 10.0 Å². The Kier molecular flexibility index (Phi) is 5.88. The first-order chi connectivity index (χ1) is 10.1. The maximum Gasteiger partial charge on any atom is 0.243 e. The number of hydrogen-bond acceptors (Lipinski definition) is 3. The third-order valence-corrected chi connectivity index (χ3v) is 6.56. The third kappa shape index (κ3) is 3.48. The van der Waals surface area contributed by atoms with E-state index in [-0.39, 0.29) is 12.4 Å². The summed E-state index contributed by atoms with van der Waals surface area (Å²) < 4.78 is 27.2. The molecule has 1 unspecified atom stereocenters. The summed E-state index contributed by atoms with van der Waals surface area (Å²) in [5, 5.41) is 3.14. The first-order valence-corrected chi connectivity index (χ1v) is 9.32. The Bertz CT molecular complexity index is 619. The summed E-state index contributed by atoms with van der Waals surface area (Å²) in [6, 6.07) is 5.72. The molecular weight excluding hydrogens is 320 g/mol. The minimum absolute atomic E-state index is 0. The van der Waals surface area contributed by atoms with Gasteiger partial charge in [-0.05, 0) is 74.9 Å². The summed E-state index contributed by atoms with van der Waals surface area (Å²) in [6.45, 7) is 2.17. The van der Waals surface area contributed by atoms with Gasteiger partial charge in [-0.1, -0.05) is 6.07 Å². The van der Waals surface area contributed by atoms with E-state index in [9.17, 15) is 8.42 Å². The Balaban J connectivity index is 0.00000176. The highest BCUT2D eigenvalue weighted by Gasteiger charge is 2.32. The molecule has 124 valence electrons. The van der Waals surface area contributed by atoms with Crippen molar-refractivity contribution in [3.8, 4) is 0 Å². The Morgan fingerprint density at radius 3 is 2.68 bits per heavy atom. The fourth-order valence-electron chi connectivity index (χ4n) is 3.49. The predicted molar refractivity (Wildman–Crippen MR) is 91.1 cm³/mol. The van der Waals surface area contributed by atoms with Crippen molar-refractivity contribution in [3.63, 3.8) is 0 Å². The molecular formula is C16H25ClN2O2S. The molecule has 0 aromatic heterocycles. The van der Waals surface area contributed by atoms with Gasteiger partial charge in [0.15, 0.2) is 0 Å². The number of rotatable bonds is 4. The lowest BCUT2D eigenvalue weighted by molar-refractivity contribution is 0.451. The van der Waals surface area contributed by atoms with Crippen LogP contribution in [0, 0.1) is 5.92 Å². The molecule has 3 rings (SSSR count). The number of sulfonamides is 1. The van der Waals surface area contributed by atoms with Crippen molar-refractivity contribution < 1.29 is 8.42 Å². The molecule has 6 heteroatoms. The maximum atomic E-state index is 12.8. The number of aryl methyl sites for hydroxylation is 2. The van der Waals surface area contributed by atoms with Crippen LogP contribution in [0.15, 0.2) is 23.1 Å². The molecule has 0 radical (unpaired) electrons. The van der Waals surface area contributed by atoms with Gasteiger partial charge in [0.1, 0.15) is 0 Å². The minimum Gasteiger partial charge on any atom is -0.319 e. The average Bonchev–Trinajstić information content (AvgIpc) is 2.96. The summed E-state index contributed by atoms with van der Waals surface area (Å²) in [7, 11) is -1.40. The van der Waals surface area contributed by atoms with Crippen LogP contribution in [0.5, 0.6) is 0 Å². The highest BCUT2D eigenvalue weighted by atomic mass is 35.5. The van der Waals surface area contributed by atoms with E-state index in [1.807, 2.05) is 19.2 Å². The van der Waals surface area contributed by atoms with Crippen LogP contribution in [0.1, 0.15) is 30.4 Å². The van der Waals surface area contributed by atoms with Crippen LogP contribution in [0.3, 0.4) is 0 Å². The van der Waals surface area contributed by atoms with Crippen LogP contribution in [-0.4, -0.2) is 39.4 Å². The van der Waals surface area contributed by atoms with Crippen molar-refractivity contribution in [1.82, 2.24) is 9.62 Å². The van der Waals surface area contributed by atoms with E-state index in [4.69, 9.17) is 0 Å². The van der Waals surface area contributed by atoms with E-state index in [0.29, 0.717) is 23.9 Å². The van der Waals surface area contributed by atoms with Gasteiger partial charge in [-0.3, -0.25) is 0 Å². The second-order valence-corrected chi connectivity index (χ2v) is 8.15. The largest absolute Gasteiger partial charge is 0.319 e. The molecule has 1 heterocycles. The van der Waals surface area contributed by atoms with Crippen LogP contribution in [0.2, 0.25) is 0 Å². The smallest absolute Gasteiger partial charge is 0.243 e. The zero-order valence-corrected chi connectivity index (χ0v) is 14.7. The molecule has 1 aromatic rings. The molecule has 4 nitrogen and oxygen atoms in total. The Hall–Kier alpha value is -0.620. The molecule has 1 aliphatic heterocycles. The van der Waals surface area contributed by atoms with Gasteiger partial charge in [-0.25, -0.2) is 8.42 Å². The van der Waals surface area contributed by atoms with E-state index >= 15 is 0 Å². The lowest BCUT2D eigenvalue weighted by Crippen LogP contribution is -2.30. The zero-order chi connectivity index (χ0) is 14.9. The van der Waals surface area contributed by atoms with Crippen molar-refractivity contribution in [2.75, 3.05) is 26.7 Å². The van der Waals surface area contributed by atoms with Crippen LogP contribution in [-0.2, 0) is 22.9 Å². The topological polar surface area (TPSA) is 49.4 Å².